The van der Waals surface area contributed by atoms with Crippen molar-refractivity contribution < 1.29 is 18.0 Å². The number of carbonyl (C=O) groups is 1. The molecule has 16 heavy (non-hydrogen) atoms. The van der Waals surface area contributed by atoms with Crippen LogP contribution < -0.4 is 0 Å². The Kier molecular flexibility index (Phi) is 4.41. The van der Waals surface area contributed by atoms with Crippen LogP contribution in [0.4, 0.5) is 13.2 Å². The van der Waals surface area contributed by atoms with Crippen molar-refractivity contribution in [3.8, 4) is 0 Å². The van der Waals surface area contributed by atoms with Crippen molar-refractivity contribution in [3.05, 3.63) is 29.8 Å². The molecular formula is C11H11F3OS. The van der Waals surface area contributed by atoms with Gasteiger partial charge in [0.05, 0.1) is 0 Å². The van der Waals surface area contributed by atoms with E-state index in [4.69, 9.17) is 0 Å². The van der Waals surface area contributed by atoms with Crippen LogP contribution >= 0.6 is 11.8 Å². The van der Waals surface area contributed by atoms with Crippen LogP contribution in [0.2, 0.25) is 0 Å². The van der Waals surface area contributed by atoms with E-state index >= 15 is 0 Å². The molecule has 0 bridgehead atoms. The first kappa shape index (κ1) is 13.1. The Bertz CT molecular complexity index is 345. The van der Waals surface area contributed by atoms with Crippen LogP contribution in [0, 0.1) is 5.92 Å². The average molecular weight is 248 g/mol. The number of hydrogen-bond donors (Lipinski definition) is 0. The van der Waals surface area contributed by atoms with Crippen molar-refractivity contribution >= 4 is 18.0 Å². The van der Waals surface area contributed by atoms with Gasteiger partial charge in [-0.25, -0.2) is 0 Å². The van der Waals surface area contributed by atoms with Gasteiger partial charge in [-0.2, -0.15) is 13.2 Å². The van der Waals surface area contributed by atoms with Crippen molar-refractivity contribution in [1.29, 1.82) is 0 Å². The van der Waals surface area contributed by atoms with Gasteiger partial charge in [-0.05, 0) is 35.9 Å². The Balaban J connectivity index is 2.64. The molecule has 1 atom stereocenters. The molecule has 0 amide bonds. The number of aldehydes is 1. The highest BCUT2D eigenvalue weighted by atomic mass is 32.2. The zero-order chi connectivity index (χ0) is 12.2. The van der Waals surface area contributed by atoms with Gasteiger partial charge in [-0.15, -0.1) is 0 Å². The van der Waals surface area contributed by atoms with E-state index in [1.165, 1.54) is 12.1 Å². The lowest BCUT2D eigenvalue weighted by Crippen LogP contribution is -2.01. The zero-order valence-corrected chi connectivity index (χ0v) is 9.44. The third-order valence-corrected chi connectivity index (χ3v) is 2.69. The Morgan fingerprint density at radius 2 is 1.88 bits per heavy atom. The molecule has 1 nitrogen and oxygen atoms in total. The lowest BCUT2D eigenvalue weighted by Gasteiger charge is -2.07. The van der Waals surface area contributed by atoms with E-state index in [0.717, 1.165) is 11.8 Å². The van der Waals surface area contributed by atoms with E-state index in [1.54, 1.807) is 19.1 Å². The Morgan fingerprint density at radius 3 is 2.31 bits per heavy atom. The molecular weight excluding hydrogens is 237 g/mol. The fourth-order valence-corrected chi connectivity index (χ4v) is 1.79. The number of halogens is 3. The number of carbonyl (C=O) groups excluding carboxylic acids is 1. The highest BCUT2D eigenvalue weighted by Gasteiger charge is 2.28. The normalized spacial score (nSPS) is 13.5. The van der Waals surface area contributed by atoms with Crippen LogP contribution in [0.25, 0.3) is 0 Å². The Morgan fingerprint density at radius 1 is 1.31 bits per heavy atom. The first-order valence-corrected chi connectivity index (χ1v) is 5.52. The minimum atomic E-state index is -4.25. The molecule has 88 valence electrons. The standard InChI is InChI=1S/C11H11F3OS/c1-8(7-15)6-9-2-4-10(5-3-9)16-11(12,13)14/h2-5,7-8H,6H2,1H3. The van der Waals surface area contributed by atoms with Crippen molar-refractivity contribution in [3.63, 3.8) is 0 Å². The number of rotatable bonds is 4. The van der Waals surface area contributed by atoms with E-state index in [0.29, 0.717) is 6.42 Å². The van der Waals surface area contributed by atoms with Gasteiger partial charge in [-0.1, -0.05) is 19.1 Å². The minimum absolute atomic E-state index is 0.110. The number of alkyl halides is 3. The van der Waals surface area contributed by atoms with E-state index in [-0.39, 0.29) is 22.6 Å². The van der Waals surface area contributed by atoms with Crippen LogP contribution in [0.1, 0.15) is 12.5 Å². The molecule has 0 spiro atoms. The summed E-state index contributed by atoms with van der Waals surface area (Å²) in [4.78, 5) is 10.6. The monoisotopic (exact) mass is 248 g/mol. The van der Waals surface area contributed by atoms with Crippen molar-refractivity contribution in [2.45, 2.75) is 23.7 Å². The summed E-state index contributed by atoms with van der Waals surface area (Å²) in [5.74, 6) is -0.110. The first-order chi connectivity index (χ1) is 7.40. The zero-order valence-electron chi connectivity index (χ0n) is 8.62. The fourth-order valence-electron chi connectivity index (χ4n) is 1.25. The van der Waals surface area contributed by atoms with Gasteiger partial charge in [-0.3, -0.25) is 0 Å². The second kappa shape index (κ2) is 5.39. The Labute approximate surface area is 96.0 Å². The maximum absolute atomic E-state index is 12.0. The molecule has 1 rings (SSSR count). The molecule has 1 aromatic rings. The second-order valence-corrected chi connectivity index (χ2v) is 4.65. The predicted octanol–water partition coefficient (Wildman–Crippen LogP) is 3.68. The van der Waals surface area contributed by atoms with E-state index < -0.39 is 5.51 Å². The van der Waals surface area contributed by atoms with E-state index in [1.807, 2.05) is 0 Å². The Hall–Kier alpha value is -0.970. The SMILES string of the molecule is CC(C=O)Cc1ccc(SC(F)(F)F)cc1. The highest BCUT2D eigenvalue weighted by molar-refractivity contribution is 8.00. The molecule has 0 aliphatic rings. The van der Waals surface area contributed by atoms with Crippen LogP contribution in [-0.4, -0.2) is 11.8 Å². The van der Waals surface area contributed by atoms with Gasteiger partial charge in [0, 0.05) is 10.8 Å². The van der Waals surface area contributed by atoms with Crippen LogP contribution in [0.15, 0.2) is 29.2 Å². The fraction of sp³-hybridized carbons (Fsp3) is 0.364. The van der Waals surface area contributed by atoms with Crippen LogP contribution in [-0.2, 0) is 11.2 Å². The van der Waals surface area contributed by atoms with E-state index in [9.17, 15) is 18.0 Å². The van der Waals surface area contributed by atoms with E-state index in [2.05, 4.69) is 0 Å². The number of thioether (sulfide) groups is 1. The van der Waals surface area contributed by atoms with Crippen LogP contribution in [0.3, 0.4) is 0 Å². The smallest absolute Gasteiger partial charge is 0.303 e. The van der Waals surface area contributed by atoms with Gasteiger partial charge in [0.1, 0.15) is 6.29 Å². The summed E-state index contributed by atoms with van der Waals surface area (Å²) in [7, 11) is 0. The summed E-state index contributed by atoms with van der Waals surface area (Å²) in [6.45, 7) is 1.77. The second-order valence-electron chi connectivity index (χ2n) is 3.51. The summed E-state index contributed by atoms with van der Waals surface area (Å²) in [5, 5.41) is 0. The molecule has 1 aromatic carbocycles. The van der Waals surface area contributed by atoms with Crippen molar-refractivity contribution in [2.75, 3.05) is 0 Å². The number of hydrogen-bond acceptors (Lipinski definition) is 2. The third-order valence-electron chi connectivity index (χ3n) is 1.95. The molecule has 0 heterocycles. The van der Waals surface area contributed by atoms with Gasteiger partial charge in [0.15, 0.2) is 0 Å². The molecule has 0 saturated carbocycles. The predicted molar refractivity (Wildman–Crippen MR) is 57.3 cm³/mol. The quantitative estimate of drug-likeness (QED) is 0.597. The lowest BCUT2D eigenvalue weighted by atomic mass is 10.0. The van der Waals surface area contributed by atoms with Crippen molar-refractivity contribution in [2.24, 2.45) is 5.92 Å². The molecule has 0 aromatic heterocycles. The summed E-state index contributed by atoms with van der Waals surface area (Å²) >= 11 is -0.135. The molecule has 0 aliphatic carbocycles. The van der Waals surface area contributed by atoms with Gasteiger partial charge < -0.3 is 4.79 Å². The molecule has 1 unspecified atom stereocenters. The summed E-state index contributed by atoms with van der Waals surface area (Å²) < 4.78 is 36.1. The molecule has 0 N–H and O–H groups in total. The van der Waals surface area contributed by atoms with Gasteiger partial charge in [0.2, 0.25) is 0 Å². The molecule has 0 radical (unpaired) electrons. The third kappa shape index (κ3) is 4.70. The summed E-state index contributed by atoms with van der Waals surface area (Å²) in [6.07, 6.45) is 1.39. The minimum Gasteiger partial charge on any atom is -0.303 e. The largest absolute Gasteiger partial charge is 0.446 e. The highest BCUT2D eigenvalue weighted by Crippen LogP contribution is 2.36. The topological polar surface area (TPSA) is 17.1 Å². The van der Waals surface area contributed by atoms with Crippen molar-refractivity contribution in [1.82, 2.24) is 0 Å². The first-order valence-electron chi connectivity index (χ1n) is 4.70. The van der Waals surface area contributed by atoms with Gasteiger partial charge >= 0.3 is 5.51 Å². The molecule has 0 aliphatic heterocycles. The average Bonchev–Trinajstić information content (AvgIpc) is 2.18. The summed E-state index contributed by atoms with van der Waals surface area (Å²) in [6, 6.07) is 6.08. The van der Waals surface area contributed by atoms with Gasteiger partial charge in [0.25, 0.3) is 0 Å². The maximum Gasteiger partial charge on any atom is 0.446 e. The molecule has 0 saturated heterocycles. The van der Waals surface area contributed by atoms with Crippen LogP contribution in [0.5, 0.6) is 0 Å². The lowest BCUT2D eigenvalue weighted by molar-refractivity contribution is -0.110. The number of benzene rings is 1. The molecule has 0 fully saturated rings. The molecule has 5 heteroatoms. The maximum atomic E-state index is 12.0. The summed E-state index contributed by atoms with van der Waals surface area (Å²) in [5.41, 5.74) is -3.39.